The molecule has 0 aliphatic carbocycles. The summed E-state index contributed by atoms with van der Waals surface area (Å²) in [6, 6.07) is 10.5. The number of Topliss-reactive ketones (excluding diaryl/α,β-unsaturated/α-hetero) is 1. The summed E-state index contributed by atoms with van der Waals surface area (Å²) in [5, 5.41) is 0. The number of ether oxygens (including phenoxy) is 1. The second kappa shape index (κ2) is 7.76. The molecule has 2 amide bonds. The van der Waals surface area contributed by atoms with Crippen molar-refractivity contribution >= 4 is 23.6 Å². The Hall–Kier alpha value is -3.28. The van der Waals surface area contributed by atoms with Crippen molar-refractivity contribution in [2.75, 3.05) is 13.2 Å². The number of carbonyl (C=O) groups excluding carboxylic acids is 4. The van der Waals surface area contributed by atoms with Crippen LogP contribution >= 0.6 is 0 Å². The van der Waals surface area contributed by atoms with Crippen molar-refractivity contribution in [2.24, 2.45) is 0 Å². The van der Waals surface area contributed by atoms with Crippen LogP contribution in [0.1, 0.15) is 54.2 Å². The summed E-state index contributed by atoms with van der Waals surface area (Å²) in [4.78, 5) is 50.1. The Morgan fingerprint density at radius 2 is 1.54 bits per heavy atom. The van der Waals surface area contributed by atoms with Gasteiger partial charge < -0.3 is 4.74 Å². The first-order valence-corrected chi connectivity index (χ1v) is 9.01. The fraction of sp³-hybridized carbons (Fsp3) is 0.273. The Kier molecular flexibility index (Phi) is 5.40. The highest BCUT2D eigenvalue weighted by Gasteiger charge is 2.35. The Balaban J connectivity index is 1.55. The molecule has 0 radical (unpaired) electrons. The molecule has 1 aliphatic rings. The Morgan fingerprint density at radius 3 is 2.29 bits per heavy atom. The van der Waals surface area contributed by atoms with Crippen LogP contribution in [-0.2, 0) is 9.53 Å². The molecule has 1 heterocycles. The van der Waals surface area contributed by atoms with Gasteiger partial charge in [-0.1, -0.05) is 29.3 Å². The van der Waals surface area contributed by atoms with Gasteiger partial charge >= 0.3 is 5.97 Å². The van der Waals surface area contributed by atoms with Crippen molar-refractivity contribution in [3.63, 3.8) is 0 Å². The molecule has 6 nitrogen and oxygen atoms in total. The van der Waals surface area contributed by atoms with Gasteiger partial charge in [0.1, 0.15) is 0 Å². The minimum atomic E-state index is -0.633. The normalized spacial score (nSPS) is 12.9. The highest BCUT2D eigenvalue weighted by Crippen LogP contribution is 2.24. The lowest BCUT2D eigenvalue weighted by Crippen LogP contribution is -2.32. The van der Waals surface area contributed by atoms with Gasteiger partial charge in [0.05, 0.1) is 17.5 Å². The number of nitrogens with zero attached hydrogens (tertiary/aromatic N) is 1. The van der Waals surface area contributed by atoms with Crippen LogP contribution in [0.25, 0.3) is 0 Å². The quantitative estimate of drug-likeness (QED) is 0.438. The number of carbonyl (C=O) groups is 4. The fourth-order valence-electron chi connectivity index (χ4n) is 3.14. The maximum atomic E-state index is 12.4. The van der Waals surface area contributed by atoms with Gasteiger partial charge in [-0.3, -0.25) is 24.1 Å². The SMILES string of the molecule is Cc1ccc(C)c(C(=O)COC(=O)CCN2C(=O)c3ccc(C)cc3C2=O)c1. The zero-order valence-corrected chi connectivity index (χ0v) is 16.1. The van der Waals surface area contributed by atoms with E-state index in [9.17, 15) is 19.2 Å². The first-order valence-electron chi connectivity index (χ1n) is 9.01. The third-order valence-electron chi connectivity index (χ3n) is 4.72. The molecule has 2 aromatic carbocycles. The molecule has 28 heavy (non-hydrogen) atoms. The molecule has 144 valence electrons. The van der Waals surface area contributed by atoms with Gasteiger partial charge in [0, 0.05) is 12.1 Å². The summed E-state index contributed by atoms with van der Waals surface area (Å²) in [7, 11) is 0. The van der Waals surface area contributed by atoms with Crippen LogP contribution < -0.4 is 0 Å². The summed E-state index contributed by atoms with van der Waals surface area (Å²) in [6.45, 7) is 5.08. The summed E-state index contributed by atoms with van der Waals surface area (Å²) >= 11 is 0. The molecular weight excluding hydrogens is 358 g/mol. The molecule has 1 aliphatic heterocycles. The number of fused-ring (bicyclic) bond motifs is 1. The molecule has 0 aromatic heterocycles. The molecule has 0 atom stereocenters. The van der Waals surface area contributed by atoms with Crippen LogP contribution in [0.4, 0.5) is 0 Å². The highest BCUT2D eigenvalue weighted by molar-refractivity contribution is 6.21. The lowest BCUT2D eigenvalue weighted by Gasteiger charge is -2.13. The van der Waals surface area contributed by atoms with Crippen molar-refractivity contribution in [3.05, 3.63) is 69.8 Å². The lowest BCUT2D eigenvalue weighted by molar-refractivity contribution is -0.142. The van der Waals surface area contributed by atoms with Gasteiger partial charge in [-0.25, -0.2) is 0 Å². The topological polar surface area (TPSA) is 80.8 Å². The van der Waals surface area contributed by atoms with Crippen LogP contribution in [0.5, 0.6) is 0 Å². The Morgan fingerprint density at radius 1 is 0.893 bits per heavy atom. The van der Waals surface area contributed by atoms with Gasteiger partial charge in [0.25, 0.3) is 11.8 Å². The van der Waals surface area contributed by atoms with E-state index in [-0.39, 0.29) is 25.4 Å². The molecule has 0 unspecified atom stereocenters. The standard InChI is InChI=1S/C22H21NO5/c1-13-4-6-15(3)17(10-13)19(24)12-28-20(25)8-9-23-21(26)16-7-5-14(2)11-18(16)22(23)27/h4-7,10-11H,8-9,12H2,1-3H3. The van der Waals surface area contributed by atoms with E-state index < -0.39 is 17.8 Å². The van der Waals surface area contributed by atoms with E-state index in [1.807, 2.05) is 32.9 Å². The Labute approximate surface area is 163 Å². The average molecular weight is 379 g/mol. The smallest absolute Gasteiger partial charge is 0.308 e. The number of amides is 2. The molecule has 6 heteroatoms. The number of rotatable bonds is 6. The summed E-state index contributed by atoms with van der Waals surface area (Å²) in [6.07, 6.45) is -0.162. The van der Waals surface area contributed by atoms with Gasteiger partial charge in [0.2, 0.25) is 5.78 Å². The number of hydrogen-bond donors (Lipinski definition) is 0. The summed E-state index contributed by atoms with van der Waals surface area (Å²) < 4.78 is 5.04. The van der Waals surface area contributed by atoms with Gasteiger partial charge in [-0.2, -0.15) is 0 Å². The van der Waals surface area contributed by atoms with E-state index in [1.165, 1.54) is 0 Å². The number of benzene rings is 2. The molecule has 0 spiro atoms. The van der Waals surface area contributed by atoms with E-state index in [4.69, 9.17) is 4.74 Å². The maximum absolute atomic E-state index is 12.4. The van der Waals surface area contributed by atoms with Crippen LogP contribution in [-0.4, -0.2) is 41.6 Å². The number of ketones is 1. The minimum Gasteiger partial charge on any atom is -0.457 e. The predicted octanol–water partition coefficient (Wildman–Crippen LogP) is 3.02. The predicted molar refractivity (Wildman–Crippen MR) is 102 cm³/mol. The molecule has 0 N–H and O–H groups in total. The third kappa shape index (κ3) is 3.86. The molecule has 0 saturated carbocycles. The molecule has 2 aromatic rings. The van der Waals surface area contributed by atoms with Crippen molar-refractivity contribution in [2.45, 2.75) is 27.2 Å². The monoisotopic (exact) mass is 379 g/mol. The number of esters is 1. The number of aryl methyl sites for hydroxylation is 3. The van der Waals surface area contributed by atoms with Gasteiger partial charge in [-0.15, -0.1) is 0 Å². The van der Waals surface area contributed by atoms with E-state index in [0.29, 0.717) is 16.7 Å². The fourth-order valence-corrected chi connectivity index (χ4v) is 3.14. The summed E-state index contributed by atoms with van der Waals surface area (Å²) in [5.74, 6) is -1.75. The molecular formula is C22H21NO5. The Bertz CT molecular complexity index is 992. The lowest BCUT2D eigenvalue weighted by atomic mass is 10.0. The molecule has 0 saturated heterocycles. The molecule has 0 bridgehead atoms. The zero-order valence-electron chi connectivity index (χ0n) is 16.1. The van der Waals surface area contributed by atoms with Gasteiger partial charge in [-0.05, 0) is 44.5 Å². The second-order valence-electron chi connectivity index (χ2n) is 6.96. The molecule has 0 fully saturated rings. The number of hydrogen-bond acceptors (Lipinski definition) is 5. The first-order chi connectivity index (χ1) is 13.3. The number of imide groups is 1. The average Bonchev–Trinajstić information content (AvgIpc) is 2.90. The van der Waals surface area contributed by atoms with Crippen molar-refractivity contribution in [1.82, 2.24) is 4.90 Å². The van der Waals surface area contributed by atoms with Crippen LogP contribution in [0.15, 0.2) is 36.4 Å². The van der Waals surface area contributed by atoms with E-state index in [1.54, 1.807) is 24.3 Å². The molecule has 3 rings (SSSR count). The minimum absolute atomic E-state index is 0.0815. The van der Waals surface area contributed by atoms with Crippen LogP contribution in [0, 0.1) is 20.8 Å². The highest BCUT2D eigenvalue weighted by atomic mass is 16.5. The first kappa shape index (κ1) is 19.5. The van der Waals surface area contributed by atoms with Crippen molar-refractivity contribution < 1.29 is 23.9 Å². The van der Waals surface area contributed by atoms with Crippen LogP contribution in [0.3, 0.4) is 0 Å². The van der Waals surface area contributed by atoms with Gasteiger partial charge in [0.15, 0.2) is 6.61 Å². The zero-order chi connectivity index (χ0) is 20.4. The largest absolute Gasteiger partial charge is 0.457 e. The van der Waals surface area contributed by atoms with E-state index in [2.05, 4.69) is 0 Å². The maximum Gasteiger partial charge on any atom is 0.308 e. The van der Waals surface area contributed by atoms with Crippen molar-refractivity contribution in [3.8, 4) is 0 Å². The second-order valence-corrected chi connectivity index (χ2v) is 6.96. The summed E-state index contributed by atoms with van der Waals surface area (Å²) in [5.41, 5.74) is 3.85. The van der Waals surface area contributed by atoms with Crippen LogP contribution in [0.2, 0.25) is 0 Å². The van der Waals surface area contributed by atoms with E-state index in [0.717, 1.165) is 21.6 Å². The van der Waals surface area contributed by atoms with E-state index >= 15 is 0 Å². The van der Waals surface area contributed by atoms with Crippen molar-refractivity contribution in [1.29, 1.82) is 0 Å². The third-order valence-corrected chi connectivity index (χ3v) is 4.72.